The lowest BCUT2D eigenvalue weighted by Gasteiger charge is -2.34. The average molecular weight is 320 g/mol. The Morgan fingerprint density at radius 1 is 0.957 bits per heavy atom. The van der Waals surface area contributed by atoms with E-state index in [1.165, 1.54) is 11.3 Å². The molecule has 3 amide bonds. The quantitative estimate of drug-likeness (QED) is 0.750. The van der Waals surface area contributed by atoms with Gasteiger partial charge in [-0.1, -0.05) is 32.1 Å². The fraction of sp³-hybridized carbons (Fsp3) is 0.833. The van der Waals surface area contributed by atoms with Crippen LogP contribution in [0.15, 0.2) is 0 Å². The molecule has 0 spiro atoms. The van der Waals surface area contributed by atoms with Crippen molar-refractivity contribution in [3.8, 4) is 0 Å². The summed E-state index contributed by atoms with van der Waals surface area (Å²) in [6.45, 7) is 1.72. The Balaban J connectivity index is 1.71. The summed E-state index contributed by atoms with van der Waals surface area (Å²) in [6.07, 6.45) is 9.22. The Hall–Kier alpha value is -1.39. The van der Waals surface area contributed by atoms with Crippen molar-refractivity contribution < 1.29 is 14.4 Å². The van der Waals surface area contributed by atoms with Crippen molar-refractivity contribution in [2.75, 3.05) is 7.05 Å². The van der Waals surface area contributed by atoms with E-state index in [9.17, 15) is 14.4 Å². The van der Waals surface area contributed by atoms with E-state index >= 15 is 0 Å². The number of hydrogen-bond donors (Lipinski definition) is 0. The molecule has 0 aromatic rings. The van der Waals surface area contributed by atoms with E-state index in [4.69, 9.17) is 0 Å². The van der Waals surface area contributed by atoms with Crippen LogP contribution in [-0.2, 0) is 14.4 Å². The van der Waals surface area contributed by atoms with Gasteiger partial charge in [-0.15, -0.1) is 0 Å². The van der Waals surface area contributed by atoms with Crippen LogP contribution in [0, 0.1) is 11.8 Å². The van der Waals surface area contributed by atoms with Crippen molar-refractivity contribution >= 4 is 17.7 Å². The van der Waals surface area contributed by atoms with Crippen LogP contribution in [0.4, 0.5) is 0 Å². The van der Waals surface area contributed by atoms with Crippen molar-refractivity contribution in [1.82, 2.24) is 9.80 Å². The molecule has 1 aliphatic heterocycles. The fourth-order valence-corrected chi connectivity index (χ4v) is 4.62. The maximum Gasteiger partial charge on any atom is 0.245 e. The van der Waals surface area contributed by atoms with Crippen molar-refractivity contribution in [3.63, 3.8) is 0 Å². The van der Waals surface area contributed by atoms with Crippen LogP contribution >= 0.6 is 0 Å². The summed E-state index contributed by atoms with van der Waals surface area (Å²) in [5, 5.41) is 0. The van der Waals surface area contributed by atoms with Gasteiger partial charge in [0.15, 0.2) is 0 Å². The lowest BCUT2D eigenvalue weighted by molar-refractivity contribution is -0.151. The van der Waals surface area contributed by atoms with Crippen LogP contribution < -0.4 is 0 Å². The van der Waals surface area contributed by atoms with E-state index in [0.717, 1.165) is 51.4 Å². The van der Waals surface area contributed by atoms with Gasteiger partial charge in [0.2, 0.25) is 17.7 Å². The Kier molecular flexibility index (Phi) is 4.74. The van der Waals surface area contributed by atoms with E-state index in [0.29, 0.717) is 0 Å². The molecular formula is C18H28N2O3. The molecule has 3 rings (SSSR count). The molecule has 2 saturated carbocycles. The van der Waals surface area contributed by atoms with Gasteiger partial charge >= 0.3 is 0 Å². The summed E-state index contributed by atoms with van der Waals surface area (Å²) in [4.78, 5) is 41.1. The van der Waals surface area contributed by atoms with Crippen LogP contribution in [0.5, 0.6) is 0 Å². The monoisotopic (exact) mass is 320 g/mol. The molecular weight excluding hydrogens is 292 g/mol. The summed E-state index contributed by atoms with van der Waals surface area (Å²) in [5.41, 5.74) is 0. The summed E-state index contributed by atoms with van der Waals surface area (Å²) >= 11 is 0. The van der Waals surface area contributed by atoms with Gasteiger partial charge in [-0.25, -0.2) is 0 Å². The third-order valence-electron chi connectivity index (χ3n) is 6.09. The molecule has 0 bridgehead atoms. The standard InChI is InChI=1S/C18H28N2O3/c1-12(16(21)19(2)13-8-4-3-5-9-13)20-17(22)14-10-6-7-11-15(14)18(20)23/h12-15H,3-11H2,1-2H3/t12-,14-,15+/m0/s1. The number of amides is 3. The molecule has 5 nitrogen and oxygen atoms in total. The van der Waals surface area contributed by atoms with Gasteiger partial charge in [-0.05, 0) is 32.6 Å². The highest BCUT2D eigenvalue weighted by Crippen LogP contribution is 2.39. The van der Waals surface area contributed by atoms with E-state index < -0.39 is 6.04 Å². The number of hydrogen-bond acceptors (Lipinski definition) is 3. The first-order valence-electron chi connectivity index (χ1n) is 9.16. The second-order valence-electron chi connectivity index (χ2n) is 7.46. The largest absolute Gasteiger partial charge is 0.341 e. The van der Waals surface area contributed by atoms with Gasteiger partial charge in [0.1, 0.15) is 6.04 Å². The Morgan fingerprint density at radius 2 is 1.43 bits per heavy atom. The number of rotatable bonds is 3. The molecule has 3 atom stereocenters. The molecule has 0 aromatic heterocycles. The first kappa shape index (κ1) is 16.5. The van der Waals surface area contributed by atoms with Crippen molar-refractivity contribution in [3.05, 3.63) is 0 Å². The predicted octanol–water partition coefficient (Wildman–Crippen LogP) is 2.34. The van der Waals surface area contributed by atoms with Gasteiger partial charge in [0.25, 0.3) is 0 Å². The molecule has 5 heteroatoms. The zero-order valence-electron chi connectivity index (χ0n) is 14.3. The normalized spacial score (nSPS) is 30.3. The highest BCUT2D eigenvalue weighted by molar-refractivity contribution is 6.08. The van der Waals surface area contributed by atoms with E-state index in [-0.39, 0.29) is 35.6 Å². The SMILES string of the molecule is C[C@@H](C(=O)N(C)C1CCCCC1)N1C(=O)[C@H]2CCCC[C@H]2C1=O. The minimum atomic E-state index is -0.660. The molecule has 0 aromatic carbocycles. The Morgan fingerprint density at radius 3 is 1.96 bits per heavy atom. The molecule has 23 heavy (non-hydrogen) atoms. The minimum Gasteiger partial charge on any atom is -0.341 e. The number of fused-ring (bicyclic) bond motifs is 1. The minimum absolute atomic E-state index is 0.0859. The first-order valence-corrected chi connectivity index (χ1v) is 9.16. The molecule has 128 valence electrons. The van der Waals surface area contributed by atoms with Gasteiger partial charge in [-0.2, -0.15) is 0 Å². The lowest BCUT2D eigenvalue weighted by Crippen LogP contribution is -2.51. The Bertz CT molecular complexity index is 474. The fourth-order valence-electron chi connectivity index (χ4n) is 4.62. The molecule has 3 fully saturated rings. The van der Waals surface area contributed by atoms with E-state index in [1.807, 2.05) is 7.05 Å². The van der Waals surface area contributed by atoms with E-state index in [2.05, 4.69) is 0 Å². The number of likely N-dealkylation sites (tertiary alicyclic amines) is 1. The zero-order valence-corrected chi connectivity index (χ0v) is 14.3. The lowest BCUT2D eigenvalue weighted by atomic mass is 9.81. The van der Waals surface area contributed by atoms with Crippen LogP contribution in [-0.4, -0.2) is 46.7 Å². The molecule has 0 N–H and O–H groups in total. The summed E-state index contributed by atoms with van der Waals surface area (Å²) in [7, 11) is 1.83. The van der Waals surface area contributed by atoms with Crippen molar-refractivity contribution in [2.24, 2.45) is 11.8 Å². The van der Waals surface area contributed by atoms with Crippen LogP contribution in [0.3, 0.4) is 0 Å². The van der Waals surface area contributed by atoms with Gasteiger partial charge in [-0.3, -0.25) is 19.3 Å². The highest BCUT2D eigenvalue weighted by atomic mass is 16.2. The van der Waals surface area contributed by atoms with Gasteiger partial charge in [0, 0.05) is 13.1 Å². The summed E-state index contributed by atoms with van der Waals surface area (Å²) in [6, 6.07) is -0.402. The molecule has 1 saturated heterocycles. The third kappa shape index (κ3) is 2.90. The molecule has 2 aliphatic carbocycles. The molecule has 3 aliphatic rings. The first-order chi connectivity index (χ1) is 11.0. The van der Waals surface area contributed by atoms with Crippen LogP contribution in [0.2, 0.25) is 0 Å². The maximum atomic E-state index is 12.8. The molecule has 1 heterocycles. The second-order valence-corrected chi connectivity index (χ2v) is 7.46. The number of imide groups is 1. The molecule has 0 unspecified atom stereocenters. The maximum absolute atomic E-state index is 12.8. The highest BCUT2D eigenvalue weighted by Gasteiger charge is 2.51. The van der Waals surface area contributed by atoms with Gasteiger partial charge in [0.05, 0.1) is 11.8 Å². The average Bonchev–Trinajstić information content (AvgIpc) is 2.85. The number of nitrogens with zero attached hydrogens (tertiary/aromatic N) is 2. The second kappa shape index (κ2) is 6.62. The third-order valence-corrected chi connectivity index (χ3v) is 6.09. The number of carbonyl (C=O) groups excluding carboxylic acids is 3. The summed E-state index contributed by atoms with van der Waals surface area (Å²) in [5.74, 6) is -0.662. The smallest absolute Gasteiger partial charge is 0.245 e. The van der Waals surface area contributed by atoms with Crippen LogP contribution in [0.1, 0.15) is 64.7 Å². The van der Waals surface area contributed by atoms with E-state index in [1.54, 1.807) is 11.8 Å². The topological polar surface area (TPSA) is 57.7 Å². The predicted molar refractivity (Wildman–Crippen MR) is 86.4 cm³/mol. The van der Waals surface area contributed by atoms with Crippen molar-refractivity contribution in [1.29, 1.82) is 0 Å². The van der Waals surface area contributed by atoms with Gasteiger partial charge < -0.3 is 4.90 Å². The summed E-state index contributed by atoms with van der Waals surface area (Å²) < 4.78 is 0. The van der Waals surface area contributed by atoms with Crippen LogP contribution in [0.25, 0.3) is 0 Å². The number of likely N-dealkylation sites (N-methyl/N-ethyl adjacent to an activating group) is 1. The zero-order chi connectivity index (χ0) is 16.6. The Labute approximate surface area is 138 Å². The van der Waals surface area contributed by atoms with Crippen molar-refractivity contribution in [2.45, 2.75) is 76.8 Å². The molecule has 0 radical (unpaired) electrons. The number of carbonyl (C=O) groups is 3.